The molecule has 0 radical (unpaired) electrons. The van der Waals surface area contributed by atoms with Gasteiger partial charge in [0, 0.05) is 6.42 Å². The van der Waals surface area contributed by atoms with E-state index in [1.54, 1.807) is 0 Å². The fourth-order valence-electron chi connectivity index (χ4n) is 3.82. The molecule has 1 aliphatic rings. The zero-order chi connectivity index (χ0) is 24.9. The van der Waals surface area contributed by atoms with Crippen LogP contribution < -0.4 is 0 Å². The van der Waals surface area contributed by atoms with Crippen LogP contribution in [0.2, 0.25) is 0 Å². The second-order valence-corrected chi connectivity index (χ2v) is 8.80. The van der Waals surface area contributed by atoms with Crippen molar-refractivity contribution in [2.24, 2.45) is 5.92 Å². The largest absolute Gasteiger partial charge is 0.462 e. The van der Waals surface area contributed by atoms with Crippen LogP contribution in [0.5, 0.6) is 0 Å². The van der Waals surface area contributed by atoms with E-state index in [4.69, 9.17) is 19.2 Å². The molecular weight excluding hydrogens is 440 g/mol. The van der Waals surface area contributed by atoms with Gasteiger partial charge in [-0.05, 0) is 38.8 Å². The van der Waals surface area contributed by atoms with Gasteiger partial charge >= 0.3 is 11.9 Å². The lowest BCUT2D eigenvalue weighted by atomic mass is 9.76. The van der Waals surface area contributed by atoms with Gasteiger partial charge in [-0.1, -0.05) is 59.7 Å². The average molecular weight is 471 g/mol. The Morgan fingerprint density at radius 3 is 1.91 bits per heavy atom. The highest BCUT2D eigenvalue weighted by molar-refractivity contribution is 5.94. The minimum Gasteiger partial charge on any atom is -0.462 e. The molecule has 0 aromatic heterocycles. The summed E-state index contributed by atoms with van der Waals surface area (Å²) in [4.78, 5) is 46.7. The first-order chi connectivity index (χ1) is 16.0. The molecule has 2 aromatic carbocycles. The molecule has 0 bridgehead atoms. The maximum atomic E-state index is 13.0. The highest BCUT2D eigenvalue weighted by Crippen LogP contribution is 2.47. The summed E-state index contributed by atoms with van der Waals surface area (Å²) in [6, 6.07) is 15.3. The zero-order valence-electron chi connectivity index (χ0n) is 19.8. The third-order valence-corrected chi connectivity index (χ3v) is 5.80. The summed E-state index contributed by atoms with van der Waals surface area (Å²) in [7, 11) is 0. The fraction of sp³-hybridized carbons (Fsp3) is 0.423. The van der Waals surface area contributed by atoms with Crippen LogP contribution in [-0.4, -0.2) is 41.8 Å². The summed E-state index contributed by atoms with van der Waals surface area (Å²) in [6.07, 6.45) is -0.291. The lowest BCUT2D eigenvalue weighted by molar-refractivity contribution is -0.489. The number of carbonyl (C=O) groups excluding carboxylic acids is 3. The summed E-state index contributed by atoms with van der Waals surface area (Å²) in [5.74, 6) is -4.78. The van der Waals surface area contributed by atoms with E-state index in [1.807, 2.05) is 62.4 Å². The normalized spacial score (nSPS) is 21.5. The fourth-order valence-corrected chi connectivity index (χ4v) is 3.82. The predicted octanol–water partition coefficient (Wildman–Crippen LogP) is 3.29. The predicted molar refractivity (Wildman–Crippen MR) is 121 cm³/mol. The van der Waals surface area contributed by atoms with Crippen molar-refractivity contribution in [3.8, 4) is 0 Å². The molecule has 2 atom stereocenters. The smallest absolute Gasteiger partial charge is 0.314 e. The Hall–Kier alpha value is -3.07. The molecule has 182 valence electrons. The Balaban J connectivity index is 1.82. The summed E-state index contributed by atoms with van der Waals surface area (Å²) >= 11 is 0. The van der Waals surface area contributed by atoms with E-state index in [9.17, 15) is 19.5 Å². The summed E-state index contributed by atoms with van der Waals surface area (Å²) < 4.78 is 10.2. The molecule has 34 heavy (non-hydrogen) atoms. The number of Topliss-reactive ketones (excluding diaryl/α,β-unsaturated/α-hetero) is 1. The number of ether oxygens (including phenoxy) is 2. The van der Waals surface area contributed by atoms with Gasteiger partial charge in [0.1, 0.15) is 31.3 Å². The molecule has 0 amide bonds. The topological polar surface area (TPSA) is 108 Å². The molecule has 0 spiro atoms. The van der Waals surface area contributed by atoms with E-state index in [0.717, 1.165) is 22.3 Å². The number of hydrogen-bond acceptors (Lipinski definition) is 8. The number of benzene rings is 2. The molecule has 2 aromatic rings. The molecule has 1 fully saturated rings. The monoisotopic (exact) mass is 470 g/mol. The van der Waals surface area contributed by atoms with E-state index >= 15 is 0 Å². The molecule has 0 saturated carbocycles. The Morgan fingerprint density at radius 1 is 0.912 bits per heavy atom. The van der Waals surface area contributed by atoms with Crippen molar-refractivity contribution in [2.45, 2.75) is 51.9 Å². The summed E-state index contributed by atoms with van der Waals surface area (Å²) in [5, 5.41) is 10.8. The third kappa shape index (κ3) is 5.88. The van der Waals surface area contributed by atoms with Crippen LogP contribution in [0.4, 0.5) is 0 Å². The van der Waals surface area contributed by atoms with E-state index in [0.29, 0.717) is 0 Å². The highest BCUT2D eigenvalue weighted by atomic mass is 17.2. The van der Waals surface area contributed by atoms with Gasteiger partial charge in [0.15, 0.2) is 5.60 Å². The number of carbonyl (C=O) groups is 3. The zero-order valence-corrected chi connectivity index (χ0v) is 19.8. The van der Waals surface area contributed by atoms with E-state index in [1.165, 1.54) is 13.8 Å². The molecule has 8 nitrogen and oxygen atoms in total. The van der Waals surface area contributed by atoms with Crippen molar-refractivity contribution in [3.63, 3.8) is 0 Å². The Bertz CT molecular complexity index is 978. The second kappa shape index (κ2) is 10.5. The molecule has 0 aliphatic carbocycles. The molecule has 3 rings (SSSR count). The maximum Gasteiger partial charge on any atom is 0.314 e. The molecule has 8 heteroatoms. The lowest BCUT2D eigenvalue weighted by Gasteiger charge is -2.45. The molecular formula is C26H30O8. The van der Waals surface area contributed by atoms with Gasteiger partial charge in [-0.2, -0.15) is 4.89 Å². The van der Waals surface area contributed by atoms with Crippen molar-refractivity contribution >= 4 is 17.7 Å². The number of ketones is 1. The number of hydrogen-bond donors (Lipinski definition) is 1. The molecule has 1 heterocycles. The number of aliphatic hydroxyl groups is 1. The first-order valence-corrected chi connectivity index (χ1v) is 11.1. The van der Waals surface area contributed by atoms with Crippen molar-refractivity contribution in [2.75, 3.05) is 13.2 Å². The standard InChI is InChI=1S/C26H30O8/c1-17-5-9-20(10-6-17)26(21-11-7-18(2)8-12-21)16-22(25(4,30)33-34-26)24(29)32-14-13-31-23(28)15-19(3)27/h5-12,22,30H,13-16H2,1-4H3. The van der Waals surface area contributed by atoms with Crippen molar-refractivity contribution < 1.29 is 38.7 Å². The van der Waals surface area contributed by atoms with E-state index < -0.39 is 29.2 Å². The van der Waals surface area contributed by atoms with Crippen LogP contribution in [0.15, 0.2) is 48.5 Å². The van der Waals surface area contributed by atoms with Crippen LogP contribution in [0, 0.1) is 19.8 Å². The van der Waals surface area contributed by atoms with Crippen molar-refractivity contribution in [1.29, 1.82) is 0 Å². The van der Waals surface area contributed by atoms with Crippen LogP contribution in [0.1, 0.15) is 48.9 Å². The molecule has 1 N–H and O–H groups in total. The molecule has 1 saturated heterocycles. The van der Waals surface area contributed by atoms with Gasteiger partial charge in [0.05, 0.1) is 0 Å². The minimum absolute atomic E-state index is 0.0507. The quantitative estimate of drug-likeness (QED) is 0.271. The van der Waals surface area contributed by atoms with Crippen molar-refractivity contribution in [1.82, 2.24) is 0 Å². The van der Waals surface area contributed by atoms with Gasteiger partial charge in [0.2, 0.25) is 5.79 Å². The second-order valence-electron chi connectivity index (χ2n) is 8.80. The number of aryl methyl sites for hydroxylation is 2. The Morgan fingerprint density at radius 2 is 1.41 bits per heavy atom. The van der Waals surface area contributed by atoms with Crippen LogP contribution in [-0.2, 0) is 39.2 Å². The Labute approximate surface area is 198 Å². The SMILES string of the molecule is CC(=O)CC(=O)OCCOC(=O)C1CC(c2ccc(C)cc2)(c2ccc(C)cc2)OOC1(C)O. The lowest BCUT2D eigenvalue weighted by Crippen LogP contribution is -2.53. The Kier molecular flexibility index (Phi) is 7.86. The first-order valence-electron chi connectivity index (χ1n) is 11.1. The van der Waals surface area contributed by atoms with Gasteiger partial charge in [-0.25, -0.2) is 4.89 Å². The average Bonchev–Trinajstić information content (AvgIpc) is 2.77. The summed E-state index contributed by atoms with van der Waals surface area (Å²) in [6.45, 7) is 6.12. The van der Waals surface area contributed by atoms with E-state index in [2.05, 4.69) is 0 Å². The molecule has 2 unspecified atom stereocenters. The molecule has 1 aliphatic heterocycles. The van der Waals surface area contributed by atoms with Gasteiger partial charge in [0.25, 0.3) is 0 Å². The highest BCUT2D eigenvalue weighted by Gasteiger charge is 2.54. The first kappa shape index (κ1) is 25.6. The number of esters is 2. The number of rotatable bonds is 8. The summed E-state index contributed by atoms with van der Waals surface area (Å²) in [5.41, 5.74) is 2.46. The van der Waals surface area contributed by atoms with Crippen LogP contribution in [0.25, 0.3) is 0 Å². The maximum absolute atomic E-state index is 13.0. The minimum atomic E-state index is -1.94. The van der Waals surface area contributed by atoms with Crippen LogP contribution in [0.3, 0.4) is 0 Å². The third-order valence-electron chi connectivity index (χ3n) is 5.80. The van der Waals surface area contributed by atoms with E-state index in [-0.39, 0.29) is 31.8 Å². The van der Waals surface area contributed by atoms with Gasteiger partial charge in [-0.3, -0.25) is 14.4 Å². The van der Waals surface area contributed by atoms with Gasteiger partial charge in [-0.15, -0.1) is 0 Å². The van der Waals surface area contributed by atoms with Gasteiger partial charge < -0.3 is 14.6 Å². The van der Waals surface area contributed by atoms with Crippen molar-refractivity contribution in [3.05, 3.63) is 70.8 Å². The van der Waals surface area contributed by atoms with Crippen LogP contribution >= 0.6 is 0 Å².